The third-order valence-electron chi connectivity index (χ3n) is 5.59. The highest BCUT2D eigenvalue weighted by Crippen LogP contribution is 2.26. The van der Waals surface area contributed by atoms with Crippen LogP contribution in [0, 0.1) is 5.92 Å². The Balaban J connectivity index is 1.41. The van der Waals surface area contributed by atoms with Gasteiger partial charge in [-0.2, -0.15) is 0 Å². The van der Waals surface area contributed by atoms with E-state index in [1.165, 1.54) is 12.8 Å². The number of carbonyl (C=O) groups is 2. The Morgan fingerprint density at radius 2 is 1.81 bits per heavy atom. The van der Waals surface area contributed by atoms with Gasteiger partial charge in [-0.25, -0.2) is 0 Å². The zero-order valence-corrected chi connectivity index (χ0v) is 15.3. The number of ether oxygens (including phenoxy) is 1. The van der Waals surface area contributed by atoms with Gasteiger partial charge in [0.2, 0.25) is 5.91 Å². The number of aryl methyl sites for hydroxylation is 1. The van der Waals surface area contributed by atoms with Crippen LogP contribution < -0.4 is 10.1 Å². The number of carboxylic acids is 1. The molecule has 3 rings (SSSR count). The number of aliphatic carboxylic acids is 1. The van der Waals surface area contributed by atoms with Crippen molar-refractivity contribution in [2.45, 2.75) is 76.4 Å². The fourth-order valence-corrected chi connectivity index (χ4v) is 4.02. The van der Waals surface area contributed by atoms with Crippen LogP contribution in [0.4, 0.5) is 0 Å². The van der Waals surface area contributed by atoms with Crippen LogP contribution in [0.25, 0.3) is 0 Å². The van der Waals surface area contributed by atoms with E-state index in [0.717, 1.165) is 37.0 Å². The van der Waals surface area contributed by atoms with Gasteiger partial charge in [0.1, 0.15) is 5.75 Å². The zero-order chi connectivity index (χ0) is 18.4. The van der Waals surface area contributed by atoms with E-state index in [0.29, 0.717) is 31.8 Å². The molecule has 2 N–H and O–H groups in total. The number of benzene rings is 1. The summed E-state index contributed by atoms with van der Waals surface area (Å²) in [7, 11) is 0. The molecule has 2 fully saturated rings. The molecule has 142 valence electrons. The summed E-state index contributed by atoms with van der Waals surface area (Å²) in [6, 6.07) is 8.18. The number of hydrogen-bond acceptors (Lipinski definition) is 3. The van der Waals surface area contributed by atoms with Crippen molar-refractivity contribution in [3.8, 4) is 5.75 Å². The highest BCUT2D eigenvalue weighted by molar-refractivity contribution is 5.76. The Bertz CT molecular complexity index is 616. The largest absolute Gasteiger partial charge is 0.490 e. The molecule has 0 atom stereocenters. The summed E-state index contributed by atoms with van der Waals surface area (Å²) in [6.45, 7) is 0. The Morgan fingerprint density at radius 1 is 1.08 bits per heavy atom. The van der Waals surface area contributed by atoms with Crippen molar-refractivity contribution in [3.63, 3.8) is 0 Å². The molecule has 0 aromatic heterocycles. The van der Waals surface area contributed by atoms with Crippen molar-refractivity contribution in [3.05, 3.63) is 29.8 Å². The highest BCUT2D eigenvalue weighted by atomic mass is 16.5. The molecular formula is C21H29NO4. The first kappa shape index (κ1) is 18.7. The van der Waals surface area contributed by atoms with Gasteiger partial charge in [0.25, 0.3) is 0 Å². The van der Waals surface area contributed by atoms with Crippen molar-refractivity contribution in [2.24, 2.45) is 5.92 Å². The first-order valence-corrected chi connectivity index (χ1v) is 9.88. The summed E-state index contributed by atoms with van der Waals surface area (Å²) in [5.41, 5.74) is 1.12. The van der Waals surface area contributed by atoms with Crippen LogP contribution in [0.2, 0.25) is 0 Å². The van der Waals surface area contributed by atoms with Crippen LogP contribution >= 0.6 is 0 Å². The minimum absolute atomic E-state index is 0.0471. The minimum Gasteiger partial charge on any atom is -0.490 e. The number of amides is 1. The molecule has 5 heteroatoms. The smallest absolute Gasteiger partial charge is 0.306 e. The first-order valence-electron chi connectivity index (χ1n) is 9.88. The number of carboxylic acid groups (broad SMARTS) is 1. The second kappa shape index (κ2) is 9.06. The van der Waals surface area contributed by atoms with E-state index in [-0.39, 0.29) is 17.9 Å². The lowest BCUT2D eigenvalue weighted by Gasteiger charge is -2.26. The molecule has 0 unspecified atom stereocenters. The van der Waals surface area contributed by atoms with E-state index in [9.17, 15) is 9.59 Å². The van der Waals surface area contributed by atoms with E-state index in [4.69, 9.17) is 9.84 Å². The number of hydrogen-bond donors (Lipinski definition) is 2. The lowest BCUT2D eigenvalue weighted by molar-refractivity contribution is -0.142. The second-order valence-corrected chi connectivity index (χ2v) is 7.63. The highest BCUT2D eigenvalue weighted by Gasteiger charge is 2.26. The second-order valence-electron chi connectivity index (χ2n) is 7.63. The summed E-state index contributed by atoms with van der Waals surface area (Å²) in [4.78, 5) is 23.2. The average molecular weight is 359 g/mol. The van der Waals surface area contributed by atoms with Crippen molar-refractivity contribution in [1.29, 1.82) is 0 Å². The van der Waals surface area contributed by atoms with Crippen LogP contribution in [-0.2, 0) is 16.0 Å². The number of rotatable bonds is 7. The van der Waals surface area contributed by atoms with Crippen LogP contribution in [0.3, 0.4) is 0 Å². The molecule has 2 aliphatic carbocycles. The molecule has 1 amide bonds. The molecule has 2 saturated carbocycles. The standard InChI is InChI=1S/C21H29NO4/c23-20(22-17-11-9-16(10-12-17)21(24)25)13-8-15-4-3-7-19(14-15)26-18-5-1-2-6-18/h3-4,7,14,16-18H,1-2,5-6,8-13H2,(H,22,23)(H,24,25). The normalized spacial score (nSPS) is 23.5. The Hall–Kier alpha value is -2.04. The van der Waals surface area contributed by atoms with E-state index < -0.39 is 5.97 Å². The van der Waals surface area contributed by atoms with Crippen LogP contribution in [-0.4, -0.2) is 29.1 Å². The Labute approximate surface area is 155 Å². The van der Waals surface area contributed by atoms with Gasteiger partial charge >= 0.3 is 5.97 Å². The van der Waals surface area contributed by atoms with E-state index in [1.54, 1.807) is 0 Å². The molecule has 0 spiro atoms. The van der Waals surface area contributed by atoms with E-state index in [2.05, 4.69) is 5.32 Å². The van der Waals surface area contributed by atoms with Crippen molar-refractivity contribution in [2.75, 3.05) is 0 Å². The molecule has 0 bridgehead atoms. The van der Waals surface area contributed by atoms with Crippen LogP contribution in [0.5, 0.6) is 5.75 Å². The number of nitrogens with one attached hydrogen (secondary N) is 1. The van der Waals surface area contributed by atoms with Gasteiger partial charge in [-0.1, -0.05) is 12.1 Å². The maximum atomic E-state index is 12.2. The number of carbonyl (C=O) groups excluding carboxylic acids is 1. The molecule has 1 aromatic rings. The summed E-state index contributed by atoms with van der Waals surface area (Å²) in [5, 5.41) is 12.1. The predicted octanol–water partition coefficient (Wildman–Crippen LogP) is 3.70. The fourth-order valence-electron chi connectivity index (χ4n) is 4.02. The molecule has 2 aliphatic rings. The maximum absolute atomic E-state index is 12.2. The third-order valence-corrected chi connectivity index (χ3v) is 5.59. The molecule has 0 saturated heterocycles. The summed E-state index contributed by atoms with van der Waals surface area (Å²) >= 11 is 0. The van der Waals surface area contributed by atoms with Gasteiger partial charge in [0, 0.05) is 12.5 Å². The van der Waals surface area contributed by atoms with Gasteiger partial charge < -0.3 is 15.2 Å². The van der Waals surface area contributed by atoms with Crippen molar-refractivity contribution >= 4 is 11.9 Å². The van der Waals surface area contributed by atoms with E-state index >= 15 is 0 Å². The Kier molecular flexibility index (Phi) is 6.53. The third kappa shape index (κ3) is 5.48. The van der Waals surface area contributed by atoms with Crippen LogP contribution in [0.1, 0.15) is 63.4 Å². The van der Waals surface area contributed by atoms with Gasteiger partial charge in [0.15, 0.2) is 0 Å². The zero-order valence-electron chi connectivity index (χ0n) is 15.3. The molecule has 26 heavy (non-hydrogen) atoms. The van der Waals surface area contributed by atoms with Gasteiger partial charge in [-0.3, -0.25) is 9.59 Å². The fraction of sp³-hybridized carbons (Fsp3) is 0.619. The molecule has 5 nitrogen and oxygen atoms in total. The van der Waals surface area contributed by atoms with E-state index in [1.807, 2.05) is 24.3 Å². The van der Waals surface area contributed by atoms with Gasteiger partial charge in [-0.05, 0) is 75.5 Å². The molecule has 0 radical (unpaired) electrons. The molecular weight excluding hydrogens is 330 g/mol. The van der Waals surface area contributed by atoms with Crippen molar-refractivity contribution in [1.82, 2.24) is 5.32 Å². The molecule has 1 aromatic carbocycles. The van der Waals surface area contributed by atoms with Gasteiger partial charge in [0.05, 0.1) is 12.0 Å². The predicted molar refractivity (Wildman–Crippen MR) is 99.2 cm³/mol. The average Bonchev–Trinajstić information content (AvgIpc) is 3.14. The topological polar surface area (TPSA) is 75.6 Å². The minimum atomic E-state index is -0.713. The van der Waals surface area contributed by atoms with Crippen LogP contribution in [0.15, 0.2) is 24.3 Å². The Morgan fingerprint density at radius 3 is 2.50 bits per heavy atom. The quantitative estimate of drug-likeness (QED) is 0.778. The molecule has 0 aliphatic heterocycles. The maximum Gasteiger partial charge on any atom is 0.306 e. The summed E-state index contributed by atoms with van der Waals surface area (Å²) in [6.07, 6.45) is 9.08. The lowest BCUT2D eigenvalue weighted by atomic mass is 9.86. The first-order chi connectivity index (χ1) is 12.6. The summed E-state index contributed by atoms with van der Waals surface area (Å²) in [5.74, 6) is -0.00655. The lowest BCUT2D eigenvalue weighted by Crippen LogP contribution is -2.38. The monoisotopic (exact) mass is 359 g/mol. The van der Waals surface area contributed by atoms with Crippen molar-refractivity contribution < 1.29 is 19.4 Å². The summed E-state index contributed by atoms with van der Waals surface area (Å²) < 4.78 is 6.03. The van der Waals surface area contributed by atoms with Gasteiger partial charge in [-0.15, -0.1) is 0 Å². The molecule has 0 heterocycles. The SMILES string of the molecule is O=C(CCc1cccc(OC2CCCC2)c1)NC1CCC(C(=O)O)CC1.